The SMILES string of the molecule is CC[C@H](C)[C@H](NC(=O)[C@H](Cc1ccccc1)NC(=O)[C@H](CC(C)C)NC(=O)[C@H](CC(=O)O)NC(=O)[C@H](Cc1ccccc1)NC(=O)[C@@H]1CCCN1C(=O)c1ccccc1C#Cc1ccccc1NC(=O)[C@@H](N)CO)C(=O)N[C@@H](CCCN=C(N)N)C(=O)N[C@@H](CCCCN)C(=O)O. The molecular weight excluding hydrogens is 1250 g/mol. The summed E-state index contributed by atoms with van der Waals surface area (Å²) in [5.41, 5.74) is 24.6. The number of carbonyl (C=O) groups excluding carboxylic acids is 9. The number of nitrogens with zero attached hydrogens (tertiary/aromatic N) is 2. The molecule has 10 atom stereocenters. The molecule has 1 aliphatic heterocycles. The number of guanidine groups is 1. The molecule has 1 aliphatic rings. The van der Waals surface area contributed by atoms with Gasteiger partial charge >= 0.3 is 11.9 Å². The third-order valence-electron chi connectivity index (χ3n) is 16.1. The number of carbonyl (C=O) groups is 11. The van der Waals surface area contributed by atoms with Gasteiger partial charge in [-0.3, -0.25) is 52.9 Å². The van der Waals surface area contributed by atoms with Gasteiger partial charge in [0.05, 0.1) is 24.3 Å². The number of carboxylic acid groups (broad SMARTS) is 2. The third kappa shape index (κ3) is 25.1. The number of hydrogen-bond acceptors (Lipinski definition) is 15. The minimum absolute atomic E-state index is 0.0464. The van der Waals surface area contributed by atoms with Gasteiger partial charge in [-0.05, 0) is 105 Å². The number of aliphatic carboxylic acids is 2. The second-order valence-corrected chi connectivity index (χ2v) is 24.2. The fraction of sp³-hybridized carbons (Fsp3) is 0.449. The van der Waals surface area contributed by atoms with E-state index in [0.717, 1.165) is 0 Å². The van der Waals surface area contributed by atoms with E-state index in [1.807, 2.05) is 0 Å². The zero-order valence-electron chi connectivity index (χ0n) is 55.1. The number of likely N-dealkylation sites (tertiary alicyclic amines) is 1. The van der Waals surface area contributed by atoms with Crippen LogP contribution in [0.1, 0.15) is 125 Å². The van der Waals surface area contributed by atoms with Crippen molar-refractivity contribution in [3.8, 4) is 11.8 Å². The first-order valence-corrected chi connectivity index (χ1v) is 32.4. The number of aliphatic imine (C=N–C) groups is 1. The van der Waals surface area contributed by atoms with E-state index in [0.29, 0.717) is 60.2 Å². The molecule has 5 rings (SSSR count). The number of para-hydroxylation sites is 1. The number of aliphatic hydroxyl groups excluding tert-OH is 1. The highest BCUT2D eigenvalue weighted by atomic mass is 16.4. The first kappa shape index (κ1) is 77.5. The summed E-state index contributed by atoms with van der Waals surface area (Å²) in [6, 6.07) is 17.7. The van der Waals surface area contributed by atoms with Crippen LogP contribution in [0.15, 0.2) is 114 Å². The van der Waals surface area contributed by atoms with Crippen molar-refractivity contribution in [2.75, 3.05) is 31.6 Å². The van der Waals surface area contributed by atoms with Crippen LogP contribution in [0.25, 0.3) is 0 Å². The van der Waals surface area contributed by atoms with Crippen molar-refractivity contribution in [3.63, 3.8) is 0 Å². The van der Waals surface area contributed by atoms with E-state index in [1.54, 1.807) is 137 Å². The summed E-state index contributed by atoms with van der Waals surface area (Å²) in [6.07, 6.45) is 0.647. The molecular formula is C69H92N14O14. The smallest absolute Gasteiger partial charge is 0.326 e. The second kappa shape index (κ2) is 39.6. The number of hydrogen-bond donors (Lipinski definition) is 15. The Morgan fingerprint density at radius 1 is 0.598 bits per heavy atom. The maximum atomic E-state index is 14.7. The molecule has 0 aliphatic carbocycles. The lowest BCUT2D eigenvalue weighted by Crippen LogP contribution is -2.61. The number of unbranched alkanes of at least 4 members (excludes halogenated alkanes) is 1. The van der Waals surface area contributed by atoms with Crippen LogP contribution < -0.4 is 65.5 Å². The number of amides is 9. The molecule has 522 valence electrons. The lowest BCUT2D eigenvalue weighted by Gasteiger charge is -2.30. The minimum Gasteiger partial charge on any atom is -0.481 e. The van der Waals surface area contributed by atoms with Gasteiger partial charge in [0.1, 0.15) is 54.4 Å². The molecule has 1 heterocycles. The molecule has 0 bridgehead atoms. The predicted molar refractivity (Wildman–Crippen MR) is 362 cm³/mol. The van der Waals surface area contributed by atoms with Gasteiger partial charge in [0.15, 0.2) is 5.96 Å². The van der Waals surface area contributed by atoms with Crippen LogP contribution in [0.2, 0.25) is 0 Å². The van der Waals surface area contributed by atoms with Gasteiger partial charge in [-0.15, -0.1) is 0 Å². The number of nitrogens with two attached hydrogens (primary N) is 4. The monoisotopic (exact) mass is 1340 g/mol. The zero-order chi connectivity index (χ0) is 71.1. The molecule has 28 nitrogen and oxygen atoms in total. The van der Waals surface area contributed by atoms with Crippen LogP contribution >= 0.6 is 0 Å². The van der Waals surface area contributed by atoms with E-state index in [4.69, 9.17) is 22.9 Å². The highest BCUT2D eigenvalue weighted by Gasteiger charge is 2.40. The fourth-order valence-electron chi connectivity index (χ4n) is 10.7. The van der Waals surface area contributed by atoms with Crippen molar-refractivity contribution in [2.24, 2.45) is 39.8 Å². The molecule has 0 radical (unpaired) electrons. The topological polar surface area (TPSA) is 464 Å². The van der Waals surface area contributed by atoms with Gasteiger partial charge in [-0.25, -0.2) is 4.79 Å². The largest absolute Gasteiger partial charge is 0.481 e. The predicted octanol–water partition coefficient (Wildman–Crippen LogP) is 0.662. The van der Waals surface area contributed by atoms with Crippen molar-refractivity contribution < 1.29 is 68.1 Å². The molecule has 97 heavy (non-hydrogen) atoms. The van der Waals surface area contributed by atoms with Gasteiger partial charge in [0, 0.05) is 37.1 Å². The lowest BCUT2D eigenvalue weighted by atomic mass is 9.96. The Bertz CT molecular complexity index is 3450. The fourth-order valence-corrected chi connectivity index (χ4v) is 10.7. The Morgan fingerprint density at radius 3 is 1.71 bits per heavy atom. The average molecular weight is 1340 g/mol. The lowest BCUT2D eigenvalue weighted by molar-refractivity contribution is -0.142. The summed E-state index contributed by atoms with van der Waals surface area (Å²) in [5, 5.41) is 50.7. The summed E-state index contributed by atoms with van der Waals surface area (Å²) in [7, 11) is 0. The van der Waals surface area contributed by atoms with Crippen molar-refractivity contribution in [3.05, 3.63) is 137 Å². The molecule has 0 saturated carbocycles. The van der Waals surface area contributed by atoms with Crippen LogP contribution in [-0.2, 0) is 60.8 Å². The molecule has 1 saturated heterocycles. The standard InChI is InChI=1S/C69H92N14O14/c1-5-42(4)58(66(94)76-50(29-18-34-74-69(72)73)60(88)77-51(68(96)97)28-16-17-33-70)82-64(92)54(38-44-22-10-7-11-23-44)79-61(89)52(36-41(2)3)78-63(91)55(39-57(85)86)80-62(90)53(37-43-20-8-6-9-21-43)81-65(93)56-30-19-35-83(56)67(95)47-26-14-12-24-45(47)31-32-46-25-13-15-27-49(46)75-59(87)48(71)40-84/h6-15,20-27,41-42,48,50-56,58,84H,5,16-19,28-30,33-40,70-71H2,1-4H3,(H,75,87)(H,76,94)(H,77,88)(H,78,91)(H,79,89)(H,80,90)(H,81,93)(H,82,92)(H,85,86)(H,96,97)(H4,72,73,74)/t42-,48-,50-,51-,52-,53-,54-,55-,56-,58-/m0/s1. The Morgan fingerprint density at radius 2 is 1.11 bits per heavy atom. The molecule has 0 unspecified atom stereocenters. The van der Waals surface area contributed by atoms with Gasteiger partial charge in [-0.1, -0.05) is 131 Å². The van der Waals surface area contributed by atoms with Crippen molar-refractivity contribution >= 4 is 76.8 Å². The maximum Gasteiger partial charge on any atom is 0.326 e. The van der Waals surface area contributed by atoms with Crippen molar-refractivity contribution in [1.82, 2.24) is 42.1 Å². The van der Waals surface area contributed by atoms with E-state index >= 15 is 0 Å². The minimum atomic E-state index is -1.85. The van der Waals surface area contributed by atoms with E-state index in [-0.39, 0.29) is 75.5 Å². The first-order valence-electron chi connectivity index (χ1n) is 32.4. The van der Waals surface area contributed by atoms with Crippen LogP contribution in [-0.4, -0.2) is 172 Å². The Labute approximate surface area is 564 Å². The van der Waals surface area contributed by atoms with E-state index in [9.17, 15) is 68.1 Å². The molecule has 19 N–H and O–H groups in total. The summed E-state index contributed by atoms with van der Waals surface area (Å²) in [5.74, 6) is -5.30. The Kier molecular flexibility index (Phi) is 31.6. The third-order valence-corrected chi connectivity index (χ3v) is 16.1. The quantitative estimate of drug-likeness (QED) is 0.0128. The highest BCUT2D eigenvalue weighted by molar-refractivity contribution is 6.02. The molecule has 28 heteroatoms. The zero-order valence-corrected chi connectivity index (χ0v) is 55.1. The number of carboxylic acids is 2. The summed E-state index contributed by atoms with van der Waals surface area (Å²) >= 11 is 0. The Balaban J connectivity index is 1.38. The molecule has 0 aromatic heterocycles. The molecule has 4 aromatic rings. The second-order valence-electron chi connectivity index (χ2n) is 24.2. The number of nitrogens with one attached hydrogen (secondary N) is 8. The summed E-state index contributed by atoms with van der Waals surface area (Å²) in [4.78, 5) is 158. The average Bonchev–Trinajstić information content (AvgIpc) is 1.77. The molecule has 0 spiro atoms. The van der Waals surface area contributed by atoms with Gasteiger partial charge in [0.25, 0.3) is 5.91 Å². The van der Waals surface area contributed by atoms with Crippen molar-refractivity contribution in [1.29, 1.82) is 0 Å². The maximum absolute atomic E-state index is 14.7. The molecule has 4 aromatic carbocycles. The van der Waals surface area contributed by atoms with Crippen LogP contribution in [0.5, 0.6) is 0 Å². The highest BCUT2D eigenvalue weighted by Crippen LogP contribution is 2.24. The summed E-state index contributed by atoms with van der Waals surface area (Å²) in [6.45, 7) is 6.87. The van der Waals surface area contributed by atoms with E-state index < -0.39 is 138 Å². The number of aliphatic hydroxyl groups is 1. The van der Waals surface area contributed by atoms with Crippen LogP contribution in [0, 0.1) is 23.7 Å². The Hall–Kier alpha value is -10.2. The normalized spacial score (nSPS) is 15.3. The van der Waals surface area contributed by atoms with E-state index in [1.165, 1.54) is 4.90 Å². The van der Waals surface area contributed by atoms with Gasteiger partial charge in [-0.2, -0.15) is 0 Å². The number of anilines is 1. The molecule has 9 amide bonds. The number of benzene rings is 4. The number of rotatable bonds is 37. The van der Waals surface area contributed by atoms with Crippen molar-refractivity contribution in [2.45, 2.75) is 159 Å². The van der Waals surface area contributed by atoms with Gasteiger partial charge < -0.3 is 85.7 Å². The summed E-state index contributed by atoms with van der Waals surface area (Å²) < 4.78 is 0. The van der Waals surface area contributed by atoms with Crippen LogP contribution in [0.3, 0.4) is 0 Å². The van der Waals surface area contributed by atoms with Gasteiger partial charge in [0.2, 0.25) is 47.3 Å². The van der Waals surface area contributed by atoms with E-state index in [2.05, 4.69) is 59.4 Å². The van der Waals surface area contributed by atoms with Crippen LogP contribution in [0.4, 0.5) is 5.69 Å². The first-order chi connectivity index (χ1) is 46.3. The molecule has 1 fully saturated rings.